The molecule has 0 atom stereocenters. The molecule has 11 aliphatic rings. The fourth-order valence-electron chi connectivity index (χ4n) is 21.2. The van der Waals surface area contributed by atoms with E-state index in [0.29, 0.717) is 5.41 Å². The van der Waals surface area contributed by atoms with E-state index in [1.165, 1.54) is 186 Å². The topological polar surface area (TPSA) is 21.3 Å². The van der Waals surface area contributed by atoms with Gasteiger partial charge in [-0.05, 0) is 258 Å². The average Bonchev–Trinajstić information content (AvgIpc) is 2.87. The Bertz CT molecular complexity index is 4370. The zero-order valence-corrected chi connectivity index (χ0v) is 49.5. The Labute approximate surface area is 482 Å². The molecule has 0 radical (unpaired) electrons. The van der Waals surface area contributed by atoms with Gasteiger partial charge in [0.1, 0.15) is 11.2 Å². The maximum Gasteiger partial charge on any atom is 0.376 e. The zero-order chi connectivity index (χ0) is 54.0. The van der Waals surface area contributed by atoms with Gasteiger partial charge in [-0.2, -0.15) is 0 Å². The Morgan fingerprint density at radius 3 is 1.81 bits per heavy atom. The summed E-state index contributed by atoms with van der Waals surface area (Å²) in [4.78, 5) is 2.78. The molecule has 2 aliphatic heterocycles. The second-order valence-electron chi connectivity index (χ2n) is 31.1. The summed E-state index contributed by atoms with van der Waals surface area (Å²) in [5, 5.41) is 6.94. The molecule has 3 aromatic heterocycles. The van der Waals surface area contributed by atoms with Gasteiger partial charge in [-0.1, -0.05) is 109 Å². The van der Waals surface area contributed by atoms with E-state index in [4.69, 9.17) is 4.42 Å². The first kappa shape index (κ1) is 47.5. The zero-order valence-electron chi connectivity index (χ0n) is 48.7. The highest BCUT2D eigenvalue weighted by Crippen LogP contribution is 2.64. The van der Waals surface area contributed by atoms with Crippen molar-refractivity contribution < 1.29 is 4.42 Å². The number of rotatable bonds is 4. The molecule has 10 aromatic rings. The van der Waals surface area contributed by atoms with Crippen LogP contribution in [-0.2, 0) is 27.1 Å². The number of nitrogens with zero attached hydrogens (tertiary/aromatic N) is 2. The first-order chi connectivity index (χ1) is 39.1. The quantitative estimate of drug-likeness (QED) is 0.164. The molecule has 81 heavy (non-hydrogen) atoms. The van der Waals surface area contributed by atoms with Gasteiger partial charge in [-0.25, -0.2) is 0 Å². The third-order valence-corrected chi connectivity index (χ3v) is 25.4. The van der Waals surface area contributed by atoms with Crippen molar-refractivity contribution in [3.8, 4) is 22.3 Å². The molecular formula is C76H75BN2OS. The molecule has 8 bridgehead atoms. The van der Waals surface area contributed by atoms with Crippen molar-refractivity contribution >= 4 is 99.3 Å². The SMILES string of the molecule is CC(C)(C)c1ccc(N2c3c(oc4cc5c(cc34)C(C)(C)CCC5(C)C)B3c4c(cc5c(sc6ccccc65)c42)-c2cc(C45CC6CC(CC(C6)C4)C5)cc4c5cc(C67CC8CC(CC(C8)C6)C7)ccc5n3c24)c(-c2ccccc2)c1. The summed E-state index contributed by atoms with van der Waals surface area (Å²) in [5.74, 6) is 5.28. The molecule has 0 saturated heterocycles. The average molecular weight is 1080 g/mol. The number of hydrogen-bond acceptors (Lipinski definition) is 3. The number of benzene rings is 7. The molecule has 8 fully saturated rings. The Kier molecular flexibility index (Phi) is 9.13. The number of aromatic nitrogens is 1. The minimum Gasteiger partial charge on any atom is -0.466 e. The van der Waals surface area contributed by atoms with E-state index in [2.05, 4.69) is 179 Å². The van der Waals surface area contributed by atoms with Crippen molar-refractivity contribution in [2.24, 2.45) is 35.5 Å². The van der Waals surface area contributed by atoms with Crippen molar-refractivity contribution in [2.45, 2.75) is 165 Å². The summed E-state index contributed by atoms with van der Waals surface area (Å²) < 4.78 is 13.6. The second kappa shape index (κ2) is 15.6. The molecule has 0 N–H and O–H groups in total. The van der Waals surface area contributed by atoms with Crippen molar-refractivity contribution in [1.29, 1.82) is 0 Å². The summed E-state index contributed by atoms with van der Waals surface area (Å²) in [6.07, 6.45) is 19.3. The predicted octanol–water partition coefficient (Wildman–Crippen LogP) is 19.6. The molecule has 7 aromatic carbocycles. The van der Waals surface area contributed by atoms with Crippen LogP contribution in [0.1, 0.15) is 166 Å². The van der Waals surface area contributed by atoms with Crippen LogP contribution in [0.25, 0.3) is 75.2 Å². The van der Waals surface area contributed by atoms with Crippen LogP contribution < -0.4 is 16.0 Å². The fraction of sp³-hybridized carbons (Fsp3) is 0.421. The molecule has 404 valence electrons. The molecule has 8 saturated carbocycles. The Hall–Kier alpha value is -6.04. The second-order valence-corrected chi connectivity index (χ2v) is 32.2. The van der Waals surface area contributed by atoms with Crippen LogP contribution >= 0.6 is 11.3 Å². The van der Waals surface area contributed by atoms with Crippen molar-refractivity contribution in [2.75, 3.05) is 4.90 Å². The largest absolute Gasteiger partial charge is 0.466 e. The minimum absolute atomic E-state index is 0.0193. The molecular weight excluding hydrogens is 1000 g/mol. The van der Waals surface area contributed by atoms with E-state index in [0.717, 1.165) is 59.6 Å². The van der Waals surface area contributed by atoms with Crippen LogP contribution in [0.2, 0.25) is 0 Å². The van der Waals surface area contributed by atoms with Crippen LogP contribution in [0.5, 0.6) is 0 Å². The number of thiophene rings is 1. The van der Waals surface area contributed by atoms with Gasteiger partial charge in [0, 0.05) is 53.8 Å². The summed E-state index contributed by atoms with van der Waals surface area (Å²) in [7, 11) is 0. The van der Waals surface area contributed by atoms with Crippen LogP contribution in [0.4, 0.5) is 17.1 Å². The van der Waals surface area contributed by atoms with Gasteiger partial charge < -0.3 is 13.8 Å². The van der Waals surface area contributed by atoms with Crippen molar-refractivity contribution in [3.63, 3.8) is 0 Å². The predicted molar refractivity (Wildman–Crippen MR) is 342 cm³/mol. The highest BCUT2D eigenvalue weighted by molar-refractivity contribution is 7.26. The molecule has 0 spiro atoms. The molecule has 5 heteroatoms. The van der Waals surface area contributed by atoms with Crippen molar-refractivity contribution in [1.82, 2.24) is 4.48 Å². The van der Waals surface area contributed by atoms with Gasteiger partial charge in [0.05, 0.1) is 21.8 Å². The normalized spacial score (nSPS) is 28.7. The first-order valence-corrected chi connectivity index (χ1v) is 32.6. The lowest BCUT2D eigenvalue weighted by molar-refractivity contribution is -0.00527. The van der Waals surface area contributed by atoms with Crippen LogP contribution in [-0.4, -0.2) is 11.3 Å². The van der Waals surface area contributed by atoms with Gasteiger partial charge >= 0.3 is 6.85 Å². The van der Waals surface area contributed by atoms with Crippen LogP contribution in [0.15, 0.2) is 126 Å². The lowest BCUT2D eigenvalue weighted by atomic mass is 9.46. The van der Waals surface area contributed by atoms with E-state index in [1.54, 1.807) is 11.1 Å². The minimum atomic E-state index is -0.182. The van der Waals surface area contributed by atoms with Gasteiger partial charge in [-0.3, -0.25) is 0 Å². The maximum absolute atomic E-state index is 8.00. The Morgan fingerprint density at radius 1 is 0.531 bits per heavy atom. The van der Waals surface area contributed by atoms with E-state index >= 15 is 0 Å². The summed E-state index contributed by atoms with van der Waals surface area (Å²) in [6.45, 7) is 16.9. The lowest BCUT2D eigenvalue weighted by Gasteiger charge is -2.57. The number of furan rings is 1. The Balaban J connectivity index is 0.977. The molecule has 9 aliphatic carbocycles. The third-order valence-electron chi connectivity index (χ3n) is 24.2. The highest BCUT2D eigenvalue weighted by Gasteiger charge is 2.55. The number of fused-ring (bicyclic) bond motifs is 14. The third kappa shape index (κ3) is 6.33. The molecule has 0 unspecified atom stereocenters. The van der Waals surface area contributed by atoms with Crippen molar-refractivity contribution in [3.05, 3.63) is 149 Å². The summed E-state index contributed by atoms with van der Waals surface area (Å²) in [5.41, 5.74) is 23.5. The standard InChI is InChI=1S/C76H75BN2OS/c1-72(2,3)49-17-19-62(53(29-49)48-13-9-8-10-14-48)78-68-59-34-60-61(74(6,7)22-21-73(60,4)5)35-64(59)80-71(68)77-66-55(33-58-52-15-11-12-16-65(52)81-70(58)69(66)78)57-32-51(76-39-45-26-46(40-76)28-47(27-45)41-76)31-56-54-30-50(18-20-63(54)79(77)67(56)57)75-36-42-23-43(37-75)25-44(24-42)38-75/h8-20,29-35,42-47H,21-28,36-41H2,1-7H3. The van der Waals surface area contributed by atoms with Gasteiger partial charge in [0.15, 0.2) is 0 Å². The van der Waals surface area contributed by atoms with Crippen LogP contribution in [0.3, 0.4) is 0 Å². The monoisotopic (exact) mass is 1070 g/mol. The molecule has 0 amide bonds. The molecule has 21 rings (SSSR count). The van der Waals surface area contributed by atoms with Gasteiger partial charge in [0.25, 0.3) is 0 Å². The van der Waals surface area contributed by atoms with Crippen LogP contribution in [0, 0.1) is 35.5 Å². The number of anilines is 3. The Morgan fingerprint density at radius 2 is 1.15 bits per heavy atom. The van der Waals surface area contributed by atoms with E-state index in [9.17, 15) is 0 Å². The smallest absolute Gasteiger partial charge is 0.376 e. The molecule has 5 heterocycles. The lowest BCUT2D eigenvalue weighted by Crippen LogP contribution is -2.56. The summed E-state index contributed by atoms with van der Waals surface area (Å²) >= 11 is 2.00. The molecule has 3 nitrogen and oxygen atoms in total. The van der Waals surface area contributed by atoms with E-state index in [1.807, 2.05) is 11.3 Å². The fourth-order valence-corrected chi connectivity index (χ4v) is 22.4. The van der Waals surface area contributed by atoms with Gasteiger partial charge in [-0.15, -0.1) is 11.3 Å². The summed E-state index contributed by atoms with van der Waals surface area (Å²) in [6, 6.07) is 49.6. The van der Waals surface area contributed by atoms with E-state index < -0.39 is 0 Å². The van der Waals surface area contributed by atoms with Gasteiger partial charge in [0.2, 0.25) is 0 Å². The van der Waals surface area contributed by atoms with E-state index in [-0.39, 0.29) is 28.5 Å². The number of hydrogen-bond donors (Lipinski definition) is 0. The highest BCUT2D eigenvalue weighted by atomic mass is 32.1. The first-order valence-electron chi connectivity index (χ1n) is 31.8. The maximum atomic E-state index is 8.00.